The van der Waals surface area contributed by atoms with Gasteiger partial charge in [0.1, 0.15) is 0 Å². The van der Waals surface area contributed by atoms with Gasteiger partial charge in [0, 0.05) is 9.52 Å². The summed E-state index contributed by atoms with van der Waals surface area (Å²) in [5.74, 6) is 1.26. The van der Waals surface area contributed by atoms with E-state index in [4.69, 9.17) is 0 Å². The van der Waals surface area contributed by atoms with Crippen molar-refractivity contribution in [3.8, 4) is 0 Å². The molecule has 76 valence electrons. The summed E-state index contributed by atoms with van der Waals surface area (Å²) >= 11 is 0. The monoisotopic (exact) mass is 209 g/mol. The van der Waals surface area contributed by atoms with Crippen LogP contribution in [0.25, 0.3) is 0 Å². The minimum Gasteiger partial charge on any atom is -0.296 e. The van der Waals surface area contributed by atoms with Gasteiger partial charge in [-0.1, -0.05) is 6.55 Å². The normalized spacial score (nSPS) is 50.5. The molecule has 0 aromatic heterocycles. The standard InChI is InChI=1S/C10H15NO2Si/c1-14-10-6-3-2-5(4-6)7(10)8(12)11-9(10)13/h5-7H,2-4,14H2,1H3,(H,11,12,13)/t5?,6?,7?,10-/m1/s1. The maximum Gasteiger partial charge on any atom is 0.230 e. The first-order valence-corrected chi connectivity index (χ1v) is 7.67. The molecular weight excluding hydrogens is 194 g/mol. The van der Waals surface area contributed by atoms with Crippen LogP contribution in [-0.4, -0.2) is 21.3 Å². The van der Waals surface area contributed by atoms with Gasteiger partial charge in [0.15, 0.2) is 0 Å². The highest BCUT2D eigenvalue weighted by Gasteiger charge is 2.67. The van der Waals surface area contributed by atoms with Gasteiger partial charge in [0.25, 0.3) is 0 Å². The zero-order valence-corrected chi connectivity index (χ0v) is 9.79. The minimum atomic E-state index is -0.442. The van der Waals surface area contributed by atoms with E-state index in [0.29, 0.717) is 11.8 Å². The van der Waals surface area contributed by atoms with Crippen molar-refractivity contribution in [2.24, 2.45) is 17.8 Å². The third-order valence-electron chi connectivity index (χ3n) is 4.76. The summed E-state index contributed by atoms with van der Waals surface area (Å²) in [4.78, 5) is 23.6. The molecule has 0 radical (unpaired) electrons. The Labute approximate surface area is 85.5 Å². The number of hydrogen-bond acceptors (Lipinski definition) is 2. The van der Waals surface area contributed by atoms with Crippen LogP contribution in [0.2, 0.25) is 11.6 Å². The maximum atomic E-state index is 11.9. The van der Waals surface area contributed by atoms with Crippen LogP contribution in [0.5, 0.6) is 0 Å². The maximum absolute atomic E-state index is 11.9. The highest BCUT2D eigenvalue weighted by Crippen LogP contribution is 2.65. The van der Waals surface area contributed by atoms with E-state index >= 15 is 0 Å². The van der Waals surface area contributed by atoms with E-state index in [-0.39, 0.29) is 22.8 Å². The number of nitrogens with one attached hydrogen (secondary N) is 1. The van der Waals surface area contributed by atoms with Gasteiger partial charge in [-0.3, -0.25) is 14.9 Å². The van der Waals surface area contributed by atoms with Crippen molar-refractivity contribution >= 4 is 21.3 Å². The molecule has 2 aliphatic carbocycles. The lowest BCUT2D eigenvalue weighted by Crippen LogP contribution is -2.37. The van der Waals surface area contributed by atoms with Gasteiger partial charge in [-0.15, -0.1) is 0 Å². The van der Waals surface area contributed by atoms with Crippen molar-refractivity contribution in [1.29, 1.82) is 0 Å². The first-order valence-electron chi connectivity index (χ1n) is 5.55. The van der Waals surface area contributed by atoms with Crippen LogP contribution >= 0.6 is 0 Å². The third-order valence-corrected chi connectivity index (χ3v) is 7.26. The van der Waals surface area contributed by atoms with E-state index in [1.54, 1.807) is 0 Å². The summed E-state index contributed by atoms with van der Waals surface area (Å²) in [5, 5.41) is 2.40. The first-order chi connectivity index (χ1) is 6.70. The average molecular weight is 209 g/mol. The number of hydrogen-bond donors (Lipinski definition) is 1. The van der Waals surface area contributed by atoms with Crippen LogP contribution in [0, 0.1) is 17.8 Å². The summed E-state index contributed by atoms with van der Waals surface area (Å²) in [5.41, 5.74) is 0. The van der Waals surface area contributed by atoms with Gasteiger partial charge in [-0.2, -0.15) is 0 Å². The van der Waals surface area contributed by atoms with Gasteiger partial charge in [0.2, 0.25) is 11.8 Å². The Balaban J connectivity index is 2.11. The van der Waals surface area contributed by atoms with E-state index in [2.05, 4.69) is 11.9 Å². The Morgan fingerprint density at radius 3 is 2.86 bits per heavy atom. The zero-order chi connectivity index (χ0) is 9.92. The molecule has 0 aromatic carbocycles. The topological polar surface area (TPSA) is 46.2 Å². The number of imide groups is 1. The minimum absolute atomic E-state index is 0.0385. The molecule has 3 fully saturated rings. The van der Waals surface area contributed by atoms with Gasteiger partial charge >= 0.3 is 0 Å². The Kier molecular flexibility index (Phi) is 1.53. The predicted octanol–water partition coefficient (Wildman–Crippen LogP) is 0.0645. The molecule has 4 heteroatoms. The van der Waals surface area contributed by atoms with Crippen LogP contribution in [0.1, 0.15) is 19.3 Å². The van der Waals surface area contributed by atoms with Crippen molar-refractivity contribution < 1.29 is 9.59 Å². The van der Waals surface area contributed by atoms with Crippen LogP contribution in [0.15, 0.2) is 0 Å². The highest BCUT2D eigenvalue weighted by atomic mass is 28.2. The number of amides is 2. The Bertz CT molecular complexity index is 330. The van der Waals surface area contributed by atoms with E-state index in [1.807, 2.05) is 0 Å². The predicted molar refractivity (Wildman–Crippen MR) is 54.6 cm³/mol. The van der Waals surface area contributed by atoms with Crippen molar-refractivity contribution in [3.63, 3.8) is 0 Å². The molecule has 0 spiro atoms. The van der Waals surface area contributed by atoms with Crippen LogP contribution in [-0.2, 0) is 9.59 Å². The molecule has 3 nitrogen and oxygen atoms in total. The van der Waals surface area contributed by atoms with Gasteiger partial charge in [0.05, 0.1) is 11.0 Å². The average Bonchev–Trinajstić information content (AvgIpc) is 2.78. The van der Waals surface area contributed by atoms with E-state index in [0.717, 1.165) is 6.42 Å². The van der Waals surface area contributed by atoms with Crippen LogP contribution in [0.4, 0.5) is 0 Å². The molecule has 1 heterocycles. The van der Waals surface area contributed by atoms with Crippen LogP contribution < -0.4 is 5.32 Å². The largest absolute Gasteiger partial charge is 0.296 e. The highest BCUT2D eigenvalue weighted by molar-refractivity contribution is 6.49. The third kappa shape index (κ3) is 0.712. The molecule has 2 bridgehead atoms. The number of carbonyl (C=O) groups is 2. The molecule has 1 N–H and O–H groups in total. The Morgan fingerprint density at radius 2 is 2.21 bits per heavy atom. The van der Waals surface area contributed by atoms with Gasteiger partial charge in [-0.05, 0) is 31.1 Å². The second kappa shape index (κ2) is 2.48. The summed E-state index contributed by atoms with van der Waals surface area (Å²) in [6, 6.07) is 0. The van der Waals surface area contributed by atoms with Crippen molar-refractivity contribution in [3.05, 3.63) is 0 Å². The lowest BCUT2D eigenvalue weighted by molar-refractivity contribution is -0.126. The summed E-state index contributed by atoms with van der Waals surface area (Å²) in [6.07, 6.45) is 3.50. The molecule has 4 atom stereocenters. The quantitative estimate of drug-likeness (QED) is 0.490. The molecule has 1 aliphatic heterocycles. The van der Waals surface area contributed by atoms with Gasteiger partial charge in [-0.25, -0.2) is 0 Å². The smallest absolute Gasteiger partial charge is 0.230 e. The fourth-order valence-electron chi connectivity index (χ4n) is 4.21. The molecule has 3 rings (SSSR count). The second-order valence-corrected chi connectivity index (χ2v) is 6.84. The molecule has 0 aromatic rings. The van der Waals surface area contributed by atoms with Crippen molar-refractivity contribution in [1.82, 2.24) is 5.32 Å². The molecule has 14 heavy (non-hydrogen) atoms. The molecule has 2 amide bonds. The molecule has 2 saturated carbocycles. The number of fused-ring (bicyclic) bond motifs is 5. The van der Waals surface area contributed by atoms with Crippen LogP contribution in [0.3, 0.4) is 0 Å². The molecule has 3 unspecified atom stereocenters. The summed E-state index contributed by atoms with van der Waals surface area (Å²) in [6.45, 7) is 2.19. The fourth-order valence-corrected chi connectivity index (χ4v) is 6.53. The van der Waals surface area contributed by atoms with Crippen molar-refractivity contribution in [2.75, 3.05) is 0 Å². The number of rotatable bonds is 1. The second-order valence-electron chi connectivity index (χ2n) is 4.96. The molecule has 1 saturated heterocycles. The Morgan fingerprint density at radius 1 is 1.43 bits per heavy atom. The number of carbonyl (C=O) groups excluding carboxylic acids is 2. The van der Waals surface area contributed by atoms with Gasteiger partial charge < -0.3 is 0 Å². The van der Waals surface area contributed by atoms with Crippen molar-refractivity contribution in [2.45, 2.75) is 30.8 Å². The first kappa shape index (κ1) is 8.65. The van der Waals surface area contributed by atoms with E-state index in [9.17, 15) is 9.59 Å². The Hall–Kier alpha value is -0.643. The summed E-state index contributed by atoms with van der Waals surface area (Å²) < 4.78 is 0. The van der Waals surface area contributed by atoms with E-state index < -0.39 is 9.52 Å². The molecule has 3 aliphatic rings. The molecular formula is C10H15NO2Si. The zero-order valence-electron chi connectivity index (χ0n) is 8.38. The fraction of sp³-hybridized carbons (Fsp3) is 0.800. The SMILES string of the molecule is C[SiH2][C@@]12C(=O)NC(=O)C1C1CCC2C1. The lowest BCUT2D eigenvalue weighted by Gasteiger charge is -2.33. The van der Waals surface area contributed by atoms with E-state index in [1.165, 1.54) is 12.8 Å². The summed E-state index contributed by atoms with van der Waals surface area (Å²) in [7, 11) is -0.442. The lowest BCUT2D eigenvalue weighted by atomic mass is 9.80.